The lowest BCUT2D eigenvalue weighted by atomic mass is 9.71. The lowest BCUT2D eigenvalue weighted by Gasteiger charge is -2.47. The molecular weight excluding hydrogens is 591 g/mol. The molecule has 6 nitrogen and oxygen atoms in total. The normalized spacial score (nSPS) is 22.7. The van der Waals surface area contributed by atoms with Crippen molar-refractivity contribution in [3.63, 3.8) is 0 Å². The monoisotopic (exact) mass is 634 g/mol. The van der Waals surface area contributed by atoms with Crippen LogP contribution in [0.2, 0.25) is 10.0 Å². The topological polar surface area (TPSA) is 48.4 Å². The van der Waals surface area contributed by atoms with Gasteiger partial charge in [-0.05, 0) is 85.8 Å². The molecule has 2 amide bonds. The van der Waals surface area contributed by atoms with Gasteiger partial charge < -0.3 is 14.5 Å². The van der Waals surface area contributed by atoms with Crippen LogP contribution < -0.4 is 4.74 Å². The van der Waals surface area contributed by atoms with E-state index in [2.05, 4.69) is 64.6 Å². The molecule has 2 heterocycles. The Morgan fingerprint density at radius 3 is 1.95 bits per heavy atom. The number of carbonyl (C=O) groups excluding carboxylic acids is 1. The van der Waals surface area contributed by atoms with E-state index in [0.717, 1.165) is 41.9 Å². The van der Waals surface area contributed by atoms with E-state index in [0.29, 0.717) is 41.3 Å². The Balaban J connectivity index is 1.77. The molecule has 0 bridgehead atoms. The van der Waals surface area contributed by atoms with Gasteiger partial charge in [0.25, 0.3) is 0 Å². The van der Waals surface area contributed by atoms with Gasteiger partial charge in [0.15, 0.2) is 0 Å². The largest absolute Gasteiger partial charge is 0.493 e. The fourth-order valence-corrected chi connectivity index (χ4v) is 6.66. The first-order chi connectivity index (χ1) is 20.8. The van der Waals surface area contributed by atoms with Crippen LogP contribution in [-0.4, -0.2) is 65.9 Å². The molecule has 0 radical (unpaired) electrons. The second-order valence-corrected chi connectivity index (χ2v) is 13.9. The molecule has 0 aliphatic carbocycles. The second-order valence-electron chi connectivity index (χ2n) is 13.0. The van der Waals surface area contributed by atoms with Gasteiger partial charge in [-0.3, -0.25) is 9.89 Å². The molecule has 8 heteroatoms. The first kappa shape index (κ1) is 32.3. The maximum Gasteiger partial charge on any atom is 0.326 e. The number of amidine groups is 1. The Morgan fingerprint density at radius 2 is 1.43 bits per heavy atom. The van der Waals surface area contributed by atoms with Crippen LogP contribution in [0, 0.1) is 0 Å². The molecular formula is C36H44Cl2N4O2. The molecule has 2 aliphatic heterocycles. The van der Waals surface area contributed by atoms with Crippen molar-refractivity contribution >= 4 is 35.1 Å². The highest BCUT2D eigenvalue weighted by molar-refractivity contribution is 6.30. The Morgan fingerprint density at radius 1 is 0.864 bits per heavy atom. The Labute approximate surface area is 272 Å². The predicted octanol–water partition coefficient (Wildman–Crippen LogP) is 8.34. The van der Waals surface area contributed by atoms with Gasteiger partial charge in [-0.1, -0.05) is 81.2 Å². The van der Waals surface area contributed by atoms with Crippen LogP contribution in [0.4, 0.5) is 4.79 Å². The highest BCUT2D eigenvalue weighted by Crippen LogP contribution is 2.54. The summed E-state index contributed by atoms with van der Waals surface area (Å²) in [5, 5.41) is 1.28. The van der Waals surface area contributed by atoms with E-state index in [1.165, 1.54) is 0 Å². The summed E-state index contributed by atoms with van der Waals surface area (Å²) in [7, 11) is 0. The number of nitrogens with zero attached hydrogens (tertiary/aromatic N) is 4. The van der Waals surface area contributed by atoms with Crippen LogP contribution in [0.25, 0.3) is 0 Å². The number of rotatable bonds is 6. The van der Waals surface area contributed by atoms with Crippen molar-refractivity contribution in [2.75, 3.05) is 39.3 Å². The van der Waals surface area contributed by atoms with Gasteiger partial charge in [0.2, 0.25) is 0 Å². The van der Waals surface area contributed by atoms with Crippen molar-refractivity contribution in [1.29, 1.82) is 0 Å². The third-order valence-electron chi connectivity index (χ3n) is 9.42. The molecule has 0 unspecified atom stereocenters. The van der Waals surface area contributed by atoms with Crippen LogP contribution >= 0.6 is 23.2 Å². The number of amides is 2. The van der Waals surface area contributed by atoms with Crippen LogP contribution in [0.5, 0.6) is 5.75 Å². The molecule has 0 saturated carbocycles. The zero-order valence-corrected chi connectivity index (χ0v) is 28.5. The predicted molar refractivity (Wildman–Crippen MR) is 181 cm³/mol. The lowest BCUT2D eigenvalue weighted by Crippen LogP contribution is -2.60. The van der Waals surface area contributed by atoms with Gasteiger partial charge >= 0.3 is 6.03 Å². The minimum absolute atomic E-state index is 0.0722. The van der Waals surface area contributed by atoms with Gasteiger partial charge in [-0.25, -0.2) is 4.79 Å². The standard InChI is InChI=1S/C36H44Cl2N4O2/c1-8-40-20-22-41(23-21-40)33(43)42-32(30-19-14-27(34(3,4)5)24-31(30)44-9-2)39-35(6,25-10-15-28(37)16-11-25)36(42,7)26-12-17-29(38)18-13-26/h10-19,24H,8-9,20-23H2,1-7H3/t35-,36+/m0/s1. The fraction of sp³-hybridized carbons (Fsp3) is 0.444. The van der Waals surface area contributed by atoms with E-state index in [1.54, 1.807) is 0 Å². The van der Waals surface area contributed by atoms with E-state index in [9.17, 15) is 4.79 Å². The molecule has 234 valence electrons. The number of likely N-dealkylation sites (N-methyl/N-ethyl adjacent to an activating group) is 1. The molecule has 0 N–H and O–H groups in total. The quantitative estimate of drug-likeness (QED) is 0.274. The van der Waals surface area contributed by atoms with Gasteiger partial charge in [0.1, 0.15) is 22.7 Å². The molecule has 3 aromatic carbocycles. The summed E-state index contributed by atoms with van der Waals surface area (Å²) in [6.45, 7) is 19.3. The van der Waals surface area contributed by atoms with Gasteiger partial charge in [-0.15, -0.1) is 0 Å². The molecule has 1 saturated heterocycles. The third kappa shape index (κ3) is 5.73. The number of halogens is 2. The lowest BCUT2D eigenvalue weighted by molar-refractivity contribution is 0.0879. The maximum absolute atomic E-state index is 15.0. The van der Waals surface area contributed by atoms with Crippen LogP contribution in [-0.2, 0) is 16.5 Å². The third-order valence-corrected chi connectivity index (χ3v) is 9.92. The Bertz CT molecular complexity index is 1530. The summed E-state index contributed by atoms with van der Waals surface area (Å²) in [5.74, 6) is 1.30. The Kier molecular flexibility index (Phi) is 9.10. The highest BCUT2D eigenvalue weighted by atomic mass is 35.5. The number of aliphatic imine (C=N–C) groups is 1. The Hall–Kier alpha value is -3.06. The minimum Gasteiger partial charge on any atom is -0.493 e. The number of urea groups is 1. The summed E-state index contributed by atoms with van der Waals surface area (Å²) in [6, 6.07) is 21.8. The average molecular weight is 636 g/mol. The van der Waals surface area contributed by atoms with E-state index in [-0.39, 0.29) is 11.4 Å². The molecule has 3 aromatic rings. The van der Waals surface area contributed by atoms with Crippen LogP contribution in [0.3, 0.4) is 0 Å². The molecule has 44 heavy (non-hydrogen) atoms. The first-order valence-electron chi connectivity index (χ1n) is 15.5. The number of carbonyl (C=O) groups is 1. The zero-order valence-electron chi connectivity index (χ0n) is 27.0. The summed E-state index contributed by atoms with van der Waals surface area (Å²) < 4.78 is 6.29. The van der Waals surface area contributed by atoms with Crippen LogP contribution in [0.15, 0.2) is 71.7 Å². The number of benzene rings is 3. The van der Waals surface area contributed by atoms with Crippen molar-refractivity contribution in [3.8, 4) is 5.75 Å². The van der Waals surface area contributed by atoms with Crippen molar-refractivity contribution in [1.82, 2.24) is 14.7 Å². The number of piperazine rings is 1. The van der Waals surface area contributed by atoms with Crippen molar-refractivity contribution in [2.24, 2.45) is 4.99 Å². The highest BCUT2D eigenvalue weighted by Gasteiger charge is 2.60. The summed E-state index contributed by atoms with van der Waals surface area (Å²) in [6.07, 6.45) is 0. The van der Waals surface area contributed by atoms with Gasteiger partial charge in [0, 0.05) is 36.2 Å². The fourth-order valence-electron chi connectivity index (χ4n) is 6.41. The maximum atomic E-state index is 15.0. The van der Waals surface area contributed by atoms with E-state index in [1.807, 2.05) is 65.3 Å². The second kappa shape index (κ2) is 12.4. The molecule has 0 aromatic heterocycles. The van der Waals surface area contributed by atoms with Crippen molar-refractivity contribution < 1.29 is 9.53 Å². The molecule has 1 fully saturated rings. The van der Waals surface area contributed by atoms with E-state index in [4.69, 9.17) is 32.9 Å². The number of hydrogen-bond donors (Lipinski definition) is 0. The van der Waals surface area contributed by atoms with E-state index < -0.39 is 11.1 Å². The summed E-state index contributed by atoms with van der Waals surface area (Å²) in [5.41, 5.74) is 1.94. The molecule has 2 aliphatic rings. The average Bonchev–Trinajstić information content (AvgIpc) is 3.25. The minimum atomic E-state index is -0.925. The summed E-state index contributed by atoms with van der Waals surface area (Å²) >= 11 is 12.8. The first-order valence-corrected chi connectivity index (χ1v) is 16.3. The van der Waals surface area contributed by atoms with Crippen molar-refractivity contribution in [3.05, 3.63) is 99.0 Å². The summed E-state index contributed by atoms with van der Waals surface area (Å²) in [4.78, 5) is 26.8. The number of hydrogen-bond acceptors (Lipinski definition) is 4. The van der Waals surface area contributed by atoms with Crippen LogP contribution in [0.1, 0.15) is 70.7 Å². The molecule has 2 atom stereocenters. The van der Waals surface area contributed by atoms with E-state index >= 15 is 0 Å². The molecule has 5 rings (SSSR count). The zero-order chi connectivity index (χ0) is 31.9. The van der Waals surface area contributed by atoms with Gasteiger partial charge in [0.05, 0.1) is 12.2 Å². The van der Waals surface area contributed by atoms with Crippen molar-refractivity contribution in [2.45, 2.75) is 65.0 Å². The molecule has 0 spiro atoms. The smallest absolute Gasteiger partial charge is 0.326 e. The van der Waals surface area contributed by atoms with Gasteiger partial charge in [-0.2, -0.15) is 0 Å². The number of ether oxygens (including phenoxy) is 1. The SMILES string of the molecule is CCOc1cc(C(C)(C)C)ccc1C1=N[C@@](C)(c2ccc(Cl)cc2)[C@@](C)(c2ccc(Cl)cc2)N1C(=O)N1CCN(CC)CC1.